The van der Waals surface area contributed by atoms with E-state index in [1.807, 2.05) is 12.4 Å². The van der Waals surface area contributed by atoms with Crippen molar-refractivity contribution >= 4 is 0 Å². The molecule has 0 bridgehead atoms. The summed E-state index contributed by atoms with van der Waals surface area (Å²) < 4.78 is 0. The van der Waals surface area contributed by atoms with Crippen LogP contribution < -0.4 is 5.32 Å². The van der Waals surface area contributed by atoms with Gasteiger partial charge in [0.15, 0.2) is 0 Å². The van der Waals surface area contributed by atoms with Gasteiger partial charge >= 0.3 is 0 Å². The van der Waals surface area contributed by atoms with E-state index < -0.39 is 0 Å². The van der Waals surface area contributed by atoms with E-state index in [1.54, 1.807) is 0 Å². The third kappa shape index (κ3) is 3.17. The lowest BCUT2D eigenvalue weighted by Gasteiger charge is -2.20. The zero-order valence-electron chi connectivity index (χ0n) is 11.2. The second kappa shape index (κ2) is 5.78. The van der Waals surface area contributed by atoms with E-state index in [4.69, 9.17) is 0 Å². The number of benzene rings is 1. The third-order valence-electron chi connectivity index (χ3n) is 3.28. The minimum absolute atomic E-state index is 0.323. The Kier molecular flexibility index (Phi) is 4.11. The smallest absolute Gasteiger partial charge is 0.0298 e. The number of rotatable bonds is 4. The largest absolute Gasteiger partial charge is 0.304 e. The summed E-state index contributed by atoms with van der Waals surface area (Å²) in [6.45, 7) is 6.49. The van der Waals surface area contributed by atoms with E-state index in [1.165, 1.54) is 16.7 Å². The first kappa shape index (κ1) is 12.8. The van der Waals surface area contributed by atoms with Gasteiger partial charge in [-0.05, 0) is 44.0 Å². The van der Waals surface area contributed by atoms with E-state index in [2.05, 4.69) is 67.5 Å². The lowest BCUT2D eigenvalue weighted by molar-refractivity contribution is 0.494. The van der Waals surface area contributed by atoms with Crippen LogP contribution in [0.1, 0.15) is 42.6 Å². The zero-order valence-corrected chi connectivity index (χ0v) is 11.2. The molecule has 0 aliphatic carbocycles. The third-order valence-corrected chi connectivity index (χ3v) is 3.28. The number of nitrogens with zero attached hydrogens (tertiary/aromatic N) is 1. The molecule has 0 aliphatic heterocycles. The monoisotopic (exact) mass is 240 g/mol. The Morgan fingerprint density at radius 3 is 1.89 bits per heavy atom. The molecular weight excluding hydrogens is 220 g/mol. The molecular formula is C16H20N2. The average Bonchev–Trinajstić information content (AvgIpc) is 2.40. The fourth-order valence-corrected chi connectivity index (χ4v) is 2.07. The van der Waals surface area contributed by atoms with E-state index in [0.717, 1.165) is 0 Å². The Hall–Kier alpha value is -1.67. The molecule has 0 fully saturated rings. The molecule has 1 heterocycles. The number of aryl methyl sites for hydroxylation is 1. The topological polar surface area (TPSA) is 24.9 Å². The van der Waals surface area contributed by atoms with Crippen LogP contribution in [0, 0.1) is 6.92 Å². The molecule has 0 radical (unpaired) electrons. The van der Waals surface area contributed by atoms with E-state index in [-0.39, 0.29) is 0 Å². The SMILES string of the molecule is Cc1ccc(C(C)N[C@@H](C)c2ccncc2)cc1. The van der Waals surface area contributed by atoms with Crippen molar-refractivity contribution < 1.29 is 0 Å². The first-order valence-electron chi connectivity index (χ1n) is 6.39. The van der Waals surface area contributed by atoms with Crippen molar-refractivity contribution in [1.29, 1.82) is 0 Å². The second-order valence-electron chi connectivity index (χ2n) is 4.80. The summed E-state index contributed by atoms with van der Waals surface area (Å²) >= 11 is 0. The highest BCUT2D eigenvalue weighted by atomic mass is 14.9. The van der Waals surface area contributed by atoms with Gasteiger partial charge in [0.25, 0.3) is 0 Å². The number of aromatic nitrogens is 1. The predicted molar refractivity (Wildman–Crippen MR) is 75.4 cm³/mol. The van der Waals surface area contributed by atoms with Crippen LogP contribution in [0.4, 0.5) is 0 Å². The molecule has 1 N–H and O–H groups in total. The molecule has 0 saturated carbocycles. The Labute approximate surface area is 109 Å². The molecule has 18 heavy (non-hydrogen) atoms. The molecule has 0 saturated heterocycles. The molecule has 1 aromatic carbocycles. The Balaban J connectivity index is 2.03. The maximum absolute atomic E-state index is 4.05. The minimum Gasteiger partial charge on any atom is -0.304 e. The standard InChI is InChI=1S/C16H20N2/c1-12-4-6-15(7-5-12)13(2)18-14(3)16-8-10-17-11-9-16/h4-11,13-14,18H,1-3H3/t13?,14-/m0/s1. The normalized spacial score (nSPS) is 14.2. The minimum atomic E-state index is 0.323. The highest BCUT2D eigenvalue weighted by Gasteiger charge is 2.10. The van der Waals surface area contributed by atoms with Crippen LogP contribution in [0.25, 0.3) is 0 Å². The van der Waals surface area contributed by atoms with Crippen molar-refractivity contribution in [3.05, 3.63) is 65.5 Å². The van der Waals surface area contributed by atoms with Gasteiger partial charge < -0.3 is 5.32 Å². The lowest BCUT2D eigenvalue weighted by atomic mass is 10.0. The number of hydrogen-bond acceptors (Lipinski definition) is 2. The summed E-state index contributed by atoms with van der Waals surface area (Å²) in [5, 5.41) is 3.60. The Morgan fingerprint density at radius 2 is 1.33 bits per heavy atom. The van der Waals surface area contributed by atoms with Gasteiger partial charge in [0.1, 0.15) is 0 Å². The zero-order chi connectivity index (χ0) is 13.0. The van der Waals surface area contributed by atoms with Gasteiger partial charge in [-0.15, -0.1) is 0 Å². The van der Waals surface area contributed by atoms with Crippen LogP contribution in [-0.4, -0.2) is 4.98 Å². The highest BCUT2D eigenvalue weighted by molar-refractivity contribution is 5.24. The first-order chi connectivity index (χ1) is 8.66. The summed E-state index contributed by atoms with van der Waals surface area (Å²) in [5.41, 5.74) is 3.89. The van der Waals surface area contributed by atoms with E-state index in [9.17, 15) is 0 Å². The Bertz CT molecular complexity index is 476. The van der Waals surface area contributed by atoms with Crippen molar-refractivity contribution in [2.45, 2.75) is 32.9 Å². The van der Waals surface area contributed by atoms with E-state index >= 15 is 0 Å². The van der Waals surface area contributed by atoms with Gasteiger partial charge in [-0.25, -0.2) is 0 Å². The first-order valence-corrected chi connectivity index (χ1v) is 6.39. The highest BCUT2D eigenvalue weighted by Crippen LogP contribution is 2.19. The summed E-state index contributed by atoms with van der Waals surface area (Å²) in [4.78, 5) is 4.05. The average molecular weight is 240 g/mol. The van der Waals surface area contributed by atoms with E-state index in [0.29, 0.717) is 12.1 Å². The number of pyridine rings is 1. The molecule has 2 rings (SSSR count). The summed E-state index contributed by atoms with van der Waals surface area (Å²) in [6, 6.07) is 13.5. The van der Waals surface area contributed by atoms with Gasteiger partial charge in [0.05, 0.1) is 0 Å². The molecule has 1 unspecified atom stereocenters. The Morgan fingerprint density at radius 1 is 0.833 bits per heavy atom. The molecule has 2 nitrogen and oxygen atoms in total. The van der Waals surface area contributed by atoms with Crippen molar-refractivity contribution in [3.8, 4) is 0 Å². The van der Waals surface area contributed by atoms with Crippen LogP contribution in [0.5, 0.6) is 0 Å². The van der Waals surface area contributed by atoms with Gasteiger partial charge in [0, 0.05) is 24.5 Å². The van der Waals surface area contributed by atoms with Crippen LogP contribution in [0.2, 0.25) is 0 Å². The number of hydrogen-bond donors (Lipinski definition) is 1. The maximum atomic E-state index is 4.05. The molecule has 0 amide bonds. The molecule has 1 aromatic heterocycles. The summed E-state index contributed by atoms with van der Waals surface area (Å²) in [7, 11) is 0. The quantitative estimate of drug-likeness (QED) is 0.879. The molecule has 0 spiro atoms. The van der Waals surface area contributed by atoms with Crippen LogP contribution in [-0.2, 0) is 0 Å². The summed E-state index contributed by atoms with van der Waals surface area (Å²) in [6.07, 6.45) is 3.67. The van der Waals surface area contributed by atoms with Gasteiger partial charge in [0.2, 0.25) is 0 Å². The molecule has 2 atom stereocenters. The molecule has 2 aromatic rings. The molecule has 2 heteroatoms. The van der Waals surface area contributed by atoms with Gasteiger partial charge in [-0.3, -0.25) is 4.98 Å². The second-order valence-corrected chi connectivity index (χ2v) is 4.80. The fourth-order valence-electron chi connectivity index (χ4n) is 2.07. The summed E-state index contributed by atoms with van der Waals surface area (Å²) in [5.74, 6) is 0. The van der Waals surface area contributed by atoms with Crippen molar-refractivity contribution in [2.75, 3.05) is 0 Å². The molecule has 0 aliphatic rings. The van der Waals surface area contributed by atoms with Gasteiger partial charge in [-0.2, -0.15) is 0 Å². The van der Waals surface area contributed by atoms with Crippen molar-refractivity contribution in [2.24, 2.45) is 0 Å². The number of nitrogens with one attached hydrogen (secondary N) is 1. The van der Waals surface area contributed by atoms with Crippen LogP contribution >= 0.6 is 0 Å². The fraction of sp³-hybridized carbons (Fsp3) is 0.312. The lowest BCUT2D eigenvalue weighted by Crippen LogP contribution is -2.22. The van der Waals surface area contributed by atoms with Crippen LogP contribution in [0.15, 0.2) is 48.8 Å². The predicted octanol–water partition coefficient (Wildman–Crippen LogP) is 3.80. The molecule has 94 valence electrons. The van der Waals surface area contributed by atoms with Crippen molar-refractivity contribution in [3.63, 3.8) is 0 Å². The van der Waals surface area contributed by atoms with Gasteiger partial charge in [-0.1, -0.05) is 29.8 Å². The van der Waals surface area contributed by atoms with Crippen LogP contribution in [0.3, 0.4) is 0 Å². The maximum Gasteiger partial charge on any atom is 0.0298 e. The van der Waals surface area contributed by atoms with Crippen molar-refractivity contribution in [1.82, 2.24) is 10.3 Å².